The van der Waals surface area contributed by atoms with E-state index in [1.54, 1.807) is 0 Å². The number of nitrogens with one attached hydrogen (secondary N) is 1. The van der Waals surface area contributed by atoms with Crippen molar-refractivity contribution in [3.05, 3.63) is 0 Å². The van der Waals surface area contributed by atoms with Crippen LogP contribution < -0.4 is 11.3 Å². The van der Waals surface area contributed by atoms with Gasteiger partial charge in [0.15, 0.2) is 0 Å². The second kappa shape index (κ2) is 6.98. The Morgan fingerprint density at radius 2 is 2.00 bits per heavy atom. The summed E-state index contributed by atoms with van der Waals surface area (Å²) in [5, 5.41) is 0. The number of hydrazine groups is 1. The SMILES string of the molecule is CN(CCI)C1CCC(CNN)CC1. The van der Waals surface area contributed by atoms with Crippen molar-refractivity contribution in [2.45, 2.75) is 31.7 Å². The van der Waals surface area contributed by atoms with Gasteiger partial charge in [-0.25, -0.2) is 0 Å². The number of nitrogens with zero attached hydrogens (tertiary/aromatic N) is 1. The summed E-state index contributed by atoms with van der Waals surface area (Å²) in [5.74, 6) is 6.15. The molecule has 4 heteroatoms. The first-order valence-electron chi connectivity index (χ1n) is 5.47. The van der Waals surface area contributed by atoms with Crippen molar-refractivity contribution < 1.29 is 0 Å². The number of rotatable bonds is 5. The van der Waals surface area contributed by atoms with Crippen LogP contribution in [0.4, 0.5) is 0 Å². The van der Waals surface area contributed by atoms with Crippen LogP contribution >= 0.6 is 22.6 Å². The van der Waals surface area contributed by atoms with Crippen LogP contribution in [0.1, 0.15) is 25.7 Å². The molecule has 1 saturated carbocycles. The second-order valence-corrected chi connectivity index (χ2v) is 5.33. The molecule has 0 spiro atoms. The van der Waals surface area contributed by atoms with Gasteiger partial charge in [-0.1, -0.05) is 22.6 Å². The molecule has 0 heterocycles. The molecule has 0 atom stereocenters. The minimum absolute atomic E-state index is 0.809. The molecule has 14 heavy (non-hydrogen) atoms. The summed E-state index contributed by atoms with van der Waals surface area (Å²) < 4.78 is 1.23. The van der Waals surface area contributed by atoms with Gasteiger partial charge in [-0.15, -0.1) is 0 Å². The molecule has 0 aromatic carbocycles. The van der Waals surface area contributed by atoms with Crippen molar-refractivity contribution in [1.82, 2.24) is 10.3 Å². The van der Waals surface area contributed by atoms with Gasteiger partial charge in [-0.05, 0) is 38.6 Å². The van der Waals surface area contributed by atoms with Crippen LogP contribution in [0.5, 0.6) is 0 Å². The quantitative estimate of drug-likeness (QED) is 0.349. The van der Waals surface area contributed by atoms with Gasteiger partial charge in [-0.3, -0.25) is 11.3 Å². The zero-order valence-electron chi connectivity index (χ0n) is 9.01. The molecule has 1 rings (SSSR count). The summed E-state index contributed by atoms with van der Waals surface area (Å²) in [4.78, 5) is 2.51. The monoisotopic (exact) mass is 311 g/mol. The Morgan fingerprint density at radius 1 is 1.36 bits per heavy atom. The van der Waals surface area contributed by atoms with E-state index < -0.39 is 0 Å². The topological polar surface area (TPSA) is 41.3 Å². The van der Waals surface area contributed by atoms with Crippen molar-refractivity contribution in [3.63, 3.8) is 0 Å². The summed E-state index contributed by atoms with van der Waals surface area (Å²) in [6.07, 6.45) is 5.36. The zero-order valence-corrected chi connectivity index (χ0v) is 11.2. The van der Waals surface area contributed by atoms with Gasteiger partial charge in [0.25, 0.3) is 0 Å². The normalized spacial score (nSPS) is 28.3. The smallest absolute Gasteiger partial charge is 0.0126 e. The summed E-state index contributed by atoms with van der Waals surface area (Å²) in [5.41, 5.74) is 2.79. The lowest BCUT2D eigenvalue weighted by Crippen LogP contribution is -2.38. The highest BCUT2D eigenvalue weighted by Crippen LogP contribution is 2.26. The Bertz CT molecular complexity index is 146. The van der Waals surface area contributed by atoms with Crippen molar-refractivity contribution in [2.24, 2.45) is 11.8 Å². The van der Waals surface area contributed by atoms with Gasteiger partial charge in [0.2, 0.25) is 0 Å². The lowest BCUT2D eigenvalue weighted by molar-refractivity contribution is 0.172. The highest BCUT2D eigenvalue weighted by Gasteiger charge is 2.22. The Balaban J connectivity index is 2.21. The predicted molar refractivity (Wildman–Crippen MR) is 69.5 cm³/mol. The van der Waals surface area contributed by atoms with E-state index in [1.807, 2.05) is 0 Å². The maximum absolute atomic E-state index is 5.34. The summed E-state index contributed by atoms with van der Waals surface area (Å²) in [6.45, 7) is 2.22. The number of alkyl halides is 1. The largest absolute Gasteiger partial charge is 0.303 e. The number of nitrogens with two attached hydrogens (primary N) is 1. The first-order chi connectivity index (χ1) is 6.77. The average molecular weight is 311 g/mol. The molecular formula is C10H22IN3. The van der Waals surface area contributed by atoms with Crippen LogP contribution in [0, 0.1) is 5.92 Å². The highest BCUT2D eigenvalue weighted by molar-refractivity contribution is 14.1. The van der Waals surface area contributed by atoms with Gasteiger partial charge in [0, 0.05) is 23.6 Å². The van der Waals surface area contributed by atoms with Gasteiger partial charge in [0.1, 0.15) is 0 Å². The van der Waals surface area contributed by atoms with E-state index in [0.29, 0.717) is 0 Å². The maximum Gasteiger partial charge on any atom is 0.0126 e. The molecule has 84 valence electrons. The van der Waals surface area contributed by atoms with Gasteiger partial charge in [-0.2, -0.15) is 0 Å². The highest BCUT2D eigenvalue weighted by atomic mass is 127. The van der Waals surface area contributed by atoms with Crippen LogP contribution in [0.15, 0.2) is 0 Å². The summed E-state index contributed by atoms with van der Waals surface area (Å²) in [7, 11) is 2.25. The number of halogens is 1. The number of hydrogen-bond donors (Lipinski definition) is 2. The third kappa shape index (κ3) is 4.00. The zero-order chi connectivity index (χ0) is 10.4. The van der Waals surface area contributed by atoms with E-state index in [2.05, 4.69) is 40.0 Å². The van der Waals surface area contributed by atoms with Crippen molar-refractivity contribution in [1.29, 1.82) is 0 Å². The first-order valence-corrected chi connectivity index (χ1v) is 7.00. The van der Waals surface area contributed by atoms with Gasteiger partial charge < -0.3 is 4.90 Å². The molecule has 3 N–H and O–H groups in total. The summed E-state index contributed by atoms with van der Waals surface area (Å²) in [6, 6.07) is 0.818. The lowest BCUT2D eigenvalue weighted by Gasteiger charge is -2.34. The molecule has 0 saturated heterocycles. The molecule has 1 aliphatic rings. The average Bonchev–Trinajstić information content (AvgIpc) is 2.20. The van der Waals surface area contributed by atoms with E-state index in [-0.39, 0.29) is 0 Å². The molecular weight excluding hydrogens is 289 g/mol. The standard InChI is InChI=1S/C10H22IN3/c1-14(7-6-11)10-4-2-9(3-5-10)8-13-12/h9-10,13H,2-8,12H2,1H3. The molecule has 3 nitrogen and oxygen atoms in total. The molecule has 0 aromatic heterocycles. The van der Waals surface area contributed by atoms with Crippen LogP contribution in [-0.2, 0) is 0 Å². The van der Waals surface area contributed by atoms with Crippen LogP contribution in [-0.4, -0.2) is 35.5 Å². The number of hydrogen-bond acceptors (Lipinski definition) is 3. The molecule has 0 radical (unpaired) electrons. The molecule has 0 aliphatic heterocycles. The molecule has 0 amide bonds. The van der Waals surface area contributed by atoms with E-state index in [9.17, 15) is 0 Å². The molecule has 0 aromatic rings. The van der Waals surface area contributed by atoms with Crippen LogP contribution in [0.3, 0.4) is 0 Å². The Kier molecular flexibility index (Phi) is 6.32. The molecule has 1 aliphatic carbocycles. The Morgan fingerprint density at radius 3 is 2.50 bits per heavy atom. The van der Waals surface area contributed by atoms with Crippen molar-refractivity contribution >= 4 is 22.6 Å². The minimum Gasteiger partial charge on any atom is -0.303 e. The van der Waals surface area contributed by atoms with E-state index in [0.717, 1.165) is 18.5 Å². The molecule has 0 unspecified atom stereocenters. The third-order valence-corrected chi connectivity index (χ3v) is 3.77. The second-order valence-electron chi connectivity index (χ2n) is 4.25. The van der Waals surface area contributed by atoms with Crippen molar-refractivity contribution in [2.75, 3.05) is 24.6 Å². The molecule has 0 bridgehead atoms. The Labute approximate surface area is 101 Å². The fourth-order valence-corrected chi connectivity index (χ4v) is 3.03. The molecule has 1 fully saturated rings. The maximum atomic E-state index is 5.34. The van der Waals surface area contributed by atoms with E-state index >= 15 is 0 Å². The van der Waals surface area contributed by atoms with Crippen LogP contribution in [0.25, 0.3) is 0 Å². The van der Waals surface area contributed by atoms with E-state index in [1.165, 1.54) is 36.7 Å². The fourth-order valence-electron chi connectivity index (χ4n) is 2.27. The van der Waals surface area contributed by atoms with Crippen LogP contribution in [0.2, 0.25) is 0 Å². The summed E-state index contributed by atoms with van der Waals surface area (Å²) >= 11 is 2.45. The first kappa shape index (κ1) is 12.7. The fraction of sp³-hybridized carbons (Fsp3) is 1.00. The predicted octanol–water partition coefficient (Wildman–Crippen LogP) is 1.38. The third-order valence-electron chi connectivity index (χ3n) is 3.28. The van der Waals surface area contributed by atoms with E-state index in [4.69, 9.17) is 5.84 Å². The lowest BCUT2D eigenvalue weighted by atomic mass is 9.85. The minimum atomic E-state index is 0.809. The van der Waals surface area contributed by atoms with Gasteiger partial charge in [0.05, 0.1) is 0 Å². The van der Waals surface area contributed by atoms with Gasteiger partial charge >= 0.3 is 0 Å². The van der Waals surface area contributed by atoms with Crippen molar-refractivity contribution in [3.8, 4) is 0 Å². The Hall–Kier alpha value is 0.610.